The molecule has 0 atom stereocenters. The molecular weight excluding hydrogens is 368 g/mol. The number of nitrogens with zero attached hydrogens (tertiary/aromatic N) is 1. The van der Waals surface area contributed by atoms with Crippen LogP contribution in [-0.2, 0) is 23.7 Å². The molecule has 0 radical (unpaired) electrons. The van der Waals surface area contributed by atoms with Gasteiger partial charge in [-0.15, -0.1) is 0 Å². The van der Waals surface area contributed by atoms with Gasteiger partial charge in [-0.25, -0.2) is 9.78 Å². The van der Waals surface area contributed by atoms with E-state index in [1.165, 1.54) is 0 Å². The number of hydrogen-bond donors (Lipinski definition) is 0. The molecule has 0 amide bonds. The highest BCUT2D eigenvalue weighted by Gasteiger charge is 2.44. The van der Waals surface area contributed by atoms with Gasteiger partial charge in [-0.1, -0.05) is 30.3 Å². The highest BCUT2D eigenvalue weighted by atomic mass is 19.4. The predicted molar refractivity (Wildman–Crippen MR) is 76.4 cm³/mol. The van der Waals surface area contributed by atoms with Crippen molar-refractivity contribution in [1.29, 1.82) is 0 Å². The summed E-state index contributed by atoms with van der Waals surface area (Å²) in [6, 6.07) is 8.22. The van der Waals surface area contributed by atoms with Crippen LogP contribution in [0.3, 0.4) is 0 Å². The molecule has 0 bridgehead atoms. The van der Waals surface area contributed by atoms with Gasteiger partial charge in [-0.05, 0) is 5.56 Å². The van der Waals surface area contributed by atoms with E-state index in [0.717, 1.165) is 7.11 Å². The Balaban J connectivity index is 2.59. The fourth-order valence-electron chi connectivity index (χ4n) is 2.02. The van der Waals surface area contributed by atoms with Gasteiger partial charge in [0.05, 0.1) is 7.11 Å². The largest absolute Gasteiger partial charge is 0.488 e. The molecule has 0 aliphatic carbocycles. The number of carbonyl (C=O) groups is 1. The third-order valence-electron chi connectivity index (χ3n) is 3.17. The summed E-state index contributed by atoms with van der Waals surface area (Å²) in [4.78, 5) is 14.3. The van der Waals surface area contributed by atoms with Crippen LogP contribution in [-0.4, -0.2) is 18.1 Å². The monoisotopic (exact) mass is 379 g/mol. The summed E-state index contributed by atoms with van der Waals surface area (Å²) in [7, 11) is 0.793. The van der Waals surface area contributed by atoms with E-state index < -0.39 is 41.0 Å². The number of carbonyl (C=O) groups excluding carboxylic acids is 1. The number of halogens is 6. The summed E-state index contributed by atoms with van der Waals surface area (Å²) in [5.41, 5.74) is -4.60. The molecule has 0 unspecified atom stereocenters. The van der Waals surface area contributed by atoms with E-state index in [9.17, 15) is 31.1 Å². The Kier molecular flexibility index (Phi) is 5.43. The maximum absolute atomic E-state index is 13.2. The minimum Gasteiger partial charge on any atom is -0.488 e. The molecule has 4 nitrogen and oxygen atoms in total. The molecule has 0 saturated carbocycles. The minimum absolute atomic E-state index is 0.241. The highest BCUT2D eigenvalue weighted by molar-refractivity contribution is 5.94. The number of hydrogen-bond acceptors (Lipinski definition) is 4. The van der Waals surface area contributed by atoms with Crippen molar-refractivity contribution in [3.05, 3.63) is 58.9 Å². The van der Waals surface area contributed by atoms with Gasteiger partial charge in [-0.2, -0.15) is 26.3 Å². The van der Waals surface area contributed by atoms with Crippen molar-refractivity contribution in [2.24, 2.45) is 0 Å². The first-order valence-electron chi connectivity index (χ1n) is 6.98. The van der Waals surface area contributed by atoms with Crippen molar-refractivity contribution < 1.29 is 40.6 Å². The van der Waals surface area contributed by atoms with E-state index in [1.807, 2.05) is 0 Å². The van der Waals surface area contributed by atoms with E-state index in [2.05, 4.69) is 9.72 Å². The number of ether oxygens (including phenoxy) is 2. The smallest absolute Gasteiger partial charge is 0.434 e. The number of benzene rings is 1. The summed E-state index contributed by atoms with van der Waals surface area (Å²) in [6.07, 6.45) is -10.5. The number of aromatic nitrogens is 1. The molecule has 0 aliphatic rings. The molecule has 10 heteroatoms. The molecule has 0 spiro atoms. The third-order valence-corrected chi connectivity index (χ3v) is 3.17. The summed E-state index contributed by atoms with van der Waals surface area (Å²) >= 11 is 0. The first kappa shape index (κ1) is 19.5. The van der Waals surface area contributed by atoms with E-state index in [-0.39, 0.29) is 12.7 Å². The molecule has 140 valence electrons. The van der Waals surface area contributed by atoms with Gasteiger partial charge in [0.15, 0.2) is 5.69 Å². The zero-order valence-corrected chi connectivity index (χ0v) is 13.1. The van der Waals surface area contributed by atoms with E-state index in [4.69, 9.17) is 4.74 Å². The molecule has 2 aromatic rings. The van der Waals surface area contributed by atoms with Crippen molar-refractivity contribution in [1.82, 2.24) is 4.98 Å². The van der Waals surface area contributed by atoms with Crippen molar-refractivity contribution in [3.8, 4) is 5.75 Å². The normalized spacial score (nSPS) is 12.0. The summed E-state index contributed by atoms with van der Waals surface area (Å²) in [6.45, 7) is -0.358. The van der Waals surface area contributed by atoms with Gasteiger partial charge in [-0.3, -0.25) is 0 Å². The van der Waals surface area contributed by atoms with Gasteiger partial charge in [0, 0.05) is 6.07 Å². The van der Waals surface area contributed by atoms with Crippen molar-refractivity contribution in [3.63, 3.8) is 0 Å². The molecule has 0 N–H and O–H groups in total. The number of rotatable bonds is 4. The van der Waals surface area contributed by atoms with Crippen LogP contribution >= 0.6 is 0 Å². The van der Waals surface area contributed by atoms with Crippen LogP contribution in [0.15, 0.2) is 36.4 Å². The quantitative estimate of drug-likeness (QED) is 0.580. The molecule has 1 heterocycles. The Bertz CT molecular complexity index is 787. The minimum atomic E-state index is -5.32. The van der Waals surface area contributed by atoms with Crippen LogP contribution in [0.25, 0.3) is 0 Å². The molecule has 0 saturated heterocycles. The molecule has 1 aromatic heterocycles. The standard InChI is InChI=1S/C16H11F6NO3/c1-25-14(24)12-10(26-8-9-5-3-2-4-6-9)7-11(15(17,18)19)23-13(12)16(20,21)22/h2-7H,8H2,1H3. The number of pyridine rings is 1. The van der Waals surface area contributed by atoms with Gasteiger partial charge >= 0.3 is 18.3 Å². The zero-order valence-electron chi connectivity index (χ0n) is 13.1. The summed E-state index contributed by atoms with van der Waals surface area (Å²) in [5.74, 6) is -2.43. The molecule has 2 rings (SSSR count). The lowest BCUT2D eigenvalue weighted by Gasteiger charge is -2.18. The van der Waals surface area contributed by atoms with Gasteiger partial charge in [0.25, 0.3) is 0 Å². The molecule has 0 aliphatic heterocycles. The van der Waals surface area contributed by atoms with Crippen LogP contribution in [0, 0.1) is 0 Å². The van der Waals surface area contributed by atoms with Crippen LogP contribution in [0.1, 0.15) is 27.3 Å². The fraction of sp³-hybridized carbons (Fsp3) is 0.250. The van der Waals surface area contributed by atoms with Gasteiger partial charge in [0.2, 0.25) is 0 Å². The number of methoxy groups -OCH3 is 1. The second kappa shape index (κ2) is 7.22. The lowest BCUT2D eigenvalue weighted by molar-refractivity contribution is -0.150. The topological polar surface area (TPSA) is 48.4 Å². The zero-order chi connectivity index (χ0) is 19.5. The predicted octanol–water partition coefficient (Wildman–Crippen LogP) is 4.48. The third kappa shape index (κ3) is 4.44. The lowest BCUT2D eigenvalue weighted by Crippen LogP contribution is -2.21. The van der Waals surface area contributed by atoms with E-state index in [0.29, 0.717) is 5.56 Å². The molecular formula is C16H11F6NO3. The number of alkyl halides is 6. The average Bonchev–Trinajstić information content (AvgIpc) is 2.57. The Morgan fingerprint density at radius 1 is 1.04 bits per heavy atom. The Morgan fingerprint density at radius 2 is 1.65 bits per heavy atom. The Hall–Kier alpha value is -2.78. The second-order valence-electron chi connectivity index (χ2n) is 4.99. The van der Waals surface area contributed by atoms with Crippen LogP contribution in [0.2, 0.25) is 0 Å². The first-order chi connectivity index (χ1) is 12.0. The van der Waals surface area contributed by atoms with Crippen molar-refractivity contribution >= 4 is 5.97 Å². The van der Waals surface area contributed by atoms with Crippen LogP contribution < -0.4 is 4.74 Å². The maximum atomic E-state index is 13.2. The summed E-state index contributed by atoms with van der Waals surface area (Å²) < 4.78 is 87.6. The van der Waals surface area contributed by atoms with Crippen molar-refractivity contribution in [2.45, 2.75) is 19.0 Å². The molecule has 0 fully saturated rings. The Labute approximate surface area is 143 Å². The molecule has 1 aromatic carbocycles. The first-order valence-corrected chi connectivity index (χ1v) is 6.98. The SMILES string of the molecule is COC(=O)c1c(OCc2ccccc2)cc(C(F)(F)F)nc1C(F)(F)F. The highest BCUT2D eigenvalue weighted by Crippen LogP contribution is 2.39. The van der Waals surface area contributed by atoms with Crippen LogP contribution in [0.4, 0.5) is 26.3 Å². The van der Waals surface area contributed by atoms with Gasteiger partial charge < -0.3 is 9.47 Å². The van der Waals surface area contributed by atoms with E-state index in [1.54, 1.807) is 30.3 Å². The summed E-state index contributed by atoms with van der Waals surface area (Å²) in [5, 5.41) is 0. The second-order valence-corrected chi connectivity index (χ2v) is 4.99. The Morgan fingerprint density at radius 3 is 2.15 bits per heavy atom. The van der Waals surface area contributed by atoms with Crippen LogP contribution in [0.5, 0.6) is 5.75 Å². The molecule has 26 heavy (non-hydrogen) atoms. The van der Waals surface area contributed by atoms with E-state index >= 15 is 0 Å². The fourth-order valence-corrected chi connectivity index (χ4v) is 2.02. The van der Waals surface area contributed by atoms with Gasteiger partial charge in [0.1, 0.15) is 23.6 Å². The number of esters is 1. The average molecular weight is 379 g/mol. The van der Waals surface area contributed by atoms with Crippen molar-refractivity contribution in [2.75, 3.05) is 7.11 Å². The lowest BCUT2D eigenvalue weighted by atomic mass is 10.1. The maximum Gasteiger partial charge on any atom is 0.434 e.